The van der Waals surface area contributed by atoms with Gasteiger partial charge in [-0.15, -0.1) is 0 Å². The van der Waals surface area contributed by atoms with Gasteiger partial charge in [-0.05, 0) is 42.8 Å². The molecule has 2 aromatic heterocycles. The van der Waals surface area contributed by atoms with Gasteiger partial charge in [-0.25, -0.2) is 4.98 Å². The molecule has 0 saturated carbocycles. The smallest absolute Gasteiger partial charge is 0.292 e. The Hall–Kier alpha value is -4.68. The minimum atomic E-state index is -0.566. The van der Waals surface area contributed by atoms with Crippen LogP contribution in [0.15, 0.2) is 71.3 Å². The van der Waals surface area contributed by atoms with Crippen LogP contribution in [0.4, 0.5) is 5.00 Å². The average Bonchev–Trinajstić information content (AvgIpc) is 3.53. The molecule has 9 heteroatoms. The normalized spacial score (nSPS) is 11.0. The first-order valence-electron chi connectivity index (χ1n) is 10.5. The Bertz CT molecular complexity index is 1410. The lowest BCUT2D eigenvalue weighted by atomic mass is 10.1. The lowest BCUT2D eigenvalue weighted by Crippen LogP contribution is -2.19. The Labute approximate surface area is 205 Å². The van der Waals surface area contributed by atoms with E-state index in [9.17, 15) is 14.9 Å². The molecule has 174 valence electrons. The highest BCUT2D eigenvalue weighted by atomic mass is 32.1. The van der Waals surface area contributed by atoms with E-state index in [1.165, 1.54) is 17.6 Å². The molecule has 0 fully saturated rings. The Morgan fingerprint density at radius 2 is 1.91 bits per heavy atom. The third-order valence-electron chi connectivity index (χ3n) is 4.85. The van der Waals surface area contributed by atoms with E-state index in [-0.39, 0.29) is 12.4 Å². The van der Waals surface area contributed by atoms with Crippen LogP contribution in [0.2, 0.25) is 0 Å². The van der Waals surface area contributed by atoms with Crippen LogP contribution in [0.25, 0.3) is 22.9 Å². The van der Waals surface area contributed by atoms with Gasteiger partial charge in [-0.1, -0.05) is 53.3 Å². The first kappa shape index (κ1) is 23.5. The highest BCUT2D eigenvalue weighted by Gasteiger charge is 2.19. The number of nitriles is 1. The molecule has 35 heavy (non-hydrogen) atoms. The van der Waals surface area contributed by atoms with Crippen molar-refractivity contribution in [2.24, 2.45) is 5.73 Å². The van der Waals surface area contributed by atoms with Gasteiger partial charge < -0.3 is 20.2 Å². The van der Waals surface area contributed by atoms with E-state index in [1.54, 1.807) is 42.5 Å². The first-order chi connectivity index (χ1) is 16.9. The van der Waals surface area contributed by atoms with E-state index >= 15 is 0 Å². The molecule has 4 rings (SSSR count). The molecule has 0 aliphatic carbocycles. The largest absolute Gasteiger partial charge is 0.484 e. The van der Waals surface area contributed by atoms with Crippen LogP contribution < -0.4 is 15.8 Å². The number of primary amides is 1. The summed E-state index contributed by atoms with van der Waals surface area (Å²) >= 11 is 1.20. The number of amides is 2. The summed E-state index contributed by atoms with van der Waals surface area (Å²) in [4.78, 5) is 28.2. The highest BCUT2D eigenvalue weighted by molar-refractivity contribution is 7.17. The lowest BCUT2D eigenvalue weighted by molar-refractivity contribution is -0.119. The van der Waals surface area contributed by atoms with Gasteiger partial charge in [0.1, 0.15) is 27.5 Å². The second-order valence-electron chi connectivity index (χ2n) is 7.49. The minimum Gasteiger partial charge on any atom is -0.484 e. The van der Waals surface area contributed by atoms with E-state index in [0.717, 1.165) is 16.7 Å². The number of thiazole rings is 1. The standard InChI is InChI=1S/C26H20N4O4S/c1-16-4-8-18(9-5-16)23-26(30-24(32)21-3-2-12-33-21)35-25(29-23)19(14-27)13-17-6-10-20(11-7-17)34-15-22(28)31/h2-13H,15H2,1H3,(H2,28,31)(H,30,32)/b19-13-. The van der Waals surface area contributed by atoms with Crippen molar-refractivity contribution in [2.45, 2.75) is 6.92 Å². The molecule has 2 amide bonds. The number of aryl methyl sites for hydroxylation is 1. The second kappa shape index (κ2) is 10.5. The molecule has 0 saturated heterocycles. The van der Waals surface area contributed by atoms with Crippen molar-refractivity contribution in [3.05, 3.63) is 88.8 Å². The average molecular weight is 485 g/mol. The maximum Gasteiger partial charge on any atom is 0.292 e. The van der Waals surface area contributed by atoms with Crippen LogP contribution in [0, 0.1) is 18.3 Å². The first-order valence-corrected chi connectivity index (χ1v) is 11.3. The number of furan rings is 1. The zero-order chi connectivity index (χ0) is 24.8. The molecule has 0 aliphatic heterocycles. The van der Waals surface area contributed by atoms with Gasteiger partial charge in [-0.2, -0.15) is 5.26 Å². The summed E-state index contributed by atoms with van der Waals surface area (Å²) in [6.07, 6.45) is 3.11. The summed E-state index contributed by atoms with van der Waals surface area (Å²) in [6, 6.07) is 20.0. The van der Waals surface area contributed by atoms with Crippen molar-refractivity contribution in [1.82, 2.24) is 4.98 Å². The predicted octanol–water partition coefficient (Wildman–Crippen LogP) is 4.89. The number of carbonyl (C=O) groups is 2. The molecule has 2 aromatic carbocycles. The molecule has 0 aliphatic rings. The number of carbonyl (C=O) groups excluding carboxylic acids is 2. The monoisotopic (exact) mass is 484 g/mol. The topological polar surface area (TPSA) is 131 Å². The van der Waals surface area contributed by atoms with E-state index < -0.39 is 11.8 Å². The Balaban J connectivity index is 1.67. The molecular weight excluding hydrogens is 464 g/mol. The SMILES string of the molecule is Cc1ccc(-c2nc(/C(C#N)=C\c3ccc(OCC(N)=O)cc3)sc2NC(=O)c2ccco2)cc1. The number of ether oxygens (including phenoxy) is 1. The van der Waals surface area contributed by atoms with Crippen LogP contribution in [0.1, 0.15) is 26.7 Å². The van der Waals surface area contributed by atoms with Gasteiger partial charge >= 0.3 is 0 Å². The number of aromatic nitrogens is 1. The molecular formula is C26H20N4O4S. The minimum absolute atomic E-state index is 0.171. The molecule has 4 aromatic rings. The van der Waals surface area contributed by atoms with E-state index in [1.807, 2.05) is 31.2 Å². The van der Waals surface area contributed by atoms with Crippen LogP contribution >= 0.6 is 11.3 Å². The van der Waals surface area contributed by atoms with Crippen molar-refractivity contribution < 1.29 is 18.7 Å². The molecule has 8 nitrogen and oxygen atoms in total. The number of hydrogen-bond acceptors (Lipinski definition) is 7. The number of nitrogens with one attached hydrogen (secondary N) is 1. The summed E-state index contributed by atoms with van der Waals surface area (Å²) in [5.41, 5.74) is 8.61. The van der Waals surface area contributed by atoms with Gasteiger partial charge in [0.15, 0.2) is 12.4 Å². The lowest BCUT2D eigenvalue weighted by Gasteiger charge is -2.04. The van der Waals surface area contributed by atoms with Crippen molar-refractivity contribution in [1.29, 1.82) is 5.26 Å². The zero-order valence-electron chi connectivity index (χ0n) is 18.6. The third kappa shape index (κ3) is 5.82. The number of allylic oxidation sites excluding steroid dienone is 1. The third-order valence-corrected chi connectivity index (χ3v) is 5.85. The Morgan fingerprint density at radius 3 is 2.54 bits per heavy atom. The van der Waals surface area contributed by atoms with E-state index in [2.05, 4.69) is 16.4 Å². The molecule has 0 radical (unpaired) electrons. The van der Waals surface area contributed by atoms with Crippen LogP contribution in [-0.4, -0.2) is 23.4 Å². The summed E-state index contributed by atoms with van der Waals surface area (Å²) < 4.78 is 10.5. The number of nitrogens with zero attached hydrogens (tertiary/aromatic N) is 2. The van der Waals surface area contributed by atoms with Crippen LogP contribution in [-0.2, 0) is 4.79 Å². The van der Waals surface area contributed by atoms with Gasteiger partial charge in [0.05, 0.1) is 11.8 Å². The Morgan fingerprint density at radius 1 is 1.17 bits per heavy atom. The number of rotatable bonds is 8. The summed E-state index contributed by atoms with van der Waals surface area (Å²) in [7, 11) is 0. The number of hydrogen-bond donors (Lipinski definition) is 2. The maximum atomic E-state index is 12.6. The fourth-order valence-corrected chi connectivity index (χ4v) is 4.07. The summed E-state index contributed by atoms with van der Waals surface area (Å²) in [5.74, 6) is -0.320. The van der Waals surface area contributed by atoms with Gasteiger partial charge in [0, 0.05) is 5.56 Å². The van der Waals surface area contributed by atoms with Crippen molar-refractivity contribution >= 4 is 39.8 Å². The van der Waals surface area contributed by atoms with E-state index in [4.69, 9.17) is 14.9 Å². The number of benzene rings is 2. The quantitative estimate of drug-likeness (QED) is 0.342. The zero-order valence-corrected chi connectivity index (χ0v) is 19.5. The van der Waals surface area contributed by atoms with Gasteiger partial charge in [0.25, 0.3) is 11.8 Å². The van der Waals surface area contributed by atoms with Crippen molar-refractivity contribution in [3.8, 4) is 23.1 Å². The highest BCUT2D eigenvalue weighted by Crippen LogP contribution is 2.37. The molecule has 3 N–H and O–H groups in total. The number of nitrogens with two attached hydrogens (primary N) is 1. The molecule has 0 spiro atoms. The van der Waals surface area contributed by atoms with Crippen molar-refractivity contribution in [3.63, 3.8) is 0 Å². The second-order valence-corrected chi connectivity index (χ2v) is 8.49. The molecule has 0 bridgehead atoms. The molecule has 0 atom stereocenters. The summed E-state index contributed by atoms with van der Waals surface area (Å²) in [6.45, 7) is 1.77. The van der Waals surface area contributed by atoms with Crippen LogP contribution in [0.3, 0.4) is 0 Å². The Kier molecular flexibility index (Phi) is 7.04. The predicted molar refractivity (Wildman–Crippen MR) is 134 cm³/mol. The summed E-state index contributed by atoms with van der Waals surface area (Å²) in [5, 5.41) is 13.7. The van der Waals surface area contributed by atoms with Crippen LogP contribution in [0.5, 0.6) is 5.75 Å². The van der Waals surface area contributed by atoms with Gasteiger partial charge in [0.2, 0.25) is 0 Å². The fraction of sp³-hybridized carbons (Fsp3) is 0.0769. The number of anilines is 1. The maximum absolute atomic E-state index is 12.6. The van der Waals surface area contributed by atoms with Gasteiger partial charge in [-0.3, -0.25) is 9.59 Å². The van der Waals surface area contributed by atoms with Crippen molar-refractivity contribution in [2.75, 3.05) is 11.9 Å². The van der Waals surface area contributed by atoms with E-state index in [0.29, 0.717) is 27.0 Å². The fourth-order valence-electron chi connectivity index (χ4n) is 3.12. The molecule has 2 heterocycles. The molecule has 0 unspecified atom stereocenters.